The summed E-state index contributed by atoms with van der Waals surface area (Å²) in [6, 6.07) is 7.83. The molecule has 1 aromatic rings. The van der Waals surface area contributed by atoms with Crippen LogP contribution in [0, 0.1) is 0 Å². The number of likely N-dealkylation sites (tertiary alicyclic amines) is 1. The monoisotopic (exact) mass is 302 g/mol. The number of nitrogens with zero attached hydrogens (tertiary/aromatic N) is 1. The first-order chi connectivity index (χ1) is 10.3. The van der Waals surface area contributed by atoms with E-state index in [0.717, 1.165) is 11.3 Å². The summed E-state index contributed by atoms with van der Waals surface area (Å²) >= 11 is 0. The SMILES string of the molecule is CC(C)(C)OC(=O)N1CCC2(CC1)C(=O)Nc1ccccc12. The fourth-order valence-corrected chi connectivity index (χ4v) is 3.27. The molecule has 1 N–H and O–H groups in total. The van der Waals surface area contributed by atoms with E-state index >= 15 is 0 Å². The standard InChI is InChI=1S/C17H22N2O3/c1-16(2,3)22-15(21)19-10-8-17(9-11-19)12-6-4-5-7-13(12)18-14(17)20/h4-7H,8-11H2,1-3H3,(H,18,20). The summed E-state index contributed by atoms with van der Waals surface area (Å²) < 4.78 is 5.41. The van der Waals surface area contributed by atoms with Crippen LogP contribution in [0.4, 0.5) is 10.5 Å². The topological polar surface area (TPSA) is 58.6 Å². The van der Waals surface area contributed by atoms with Crippen molar-refractivity contribution in [3.05, 3.63) is 29.8 Å². The van der Waals surface area contributed by atoms with E-state index in [4.69, 9.17) is 4.74 Å². The van der Waals surface area contributed by atoms with E-state index in [0.29, 0.717) is 25.9 Å². The Bertz CT molecular complexity index is 611. The number of rotatable bonds is 0. The first-order valence-electron chi connectivity index (χ1n) is 7.71. The molecule has 0 atom stereocenters. The Hall–Kier alpha value is -2.04. The fraction of sp³-hybridized carbons (Fsp3) is 0.529. The zero-order valence-corrected chi connectivity index (χ0v) is 13.3. The second-order valence-electron chi connectivity index (χ2n) is 7.05. The highest BCUT2D eigenvalue weighted by Gasteiger charge is 2.49. The van der Waals surface area contributed by atoms with E-state index in [-0.39, 0.29) is 12.0 Å². The predicted octanol–water partition coefficient (Wildman–Crippen LogP) is 2.91. The summed E-state index contributed by atoms with van der Waals surface area (Å²) in [6.07, 6.45) is 0.971. The van der Waals surface area contributed by atoms with Gasteiger partial charge in [0.05, 0.1) is 5.41 Å². The molecule has 2 aliphatic rings. The van der Waals surface area contributed by atoms with Crippen LogP contribution in [-0.2, 0) is 14.9 Å². The highest BCUT2D eigenvalue weighted by molar-refractivity contribution is 6.06. The van der Waals surface area contributed by atoms with Crippen LogP contribution < -0.4 is 5.32 Å². The number of anilines is 1. The number of ether oxygens (including phenoxy) is 1. The Morgan fingerprint density at radius 1 is 1.23 bits per heavy atom. The molecule has 1 fully saturated rings. The van der Waals surface area contributed by atoms with Gasteiger partial charge in [0.25, 0.3) is 0 Å². The molecule has 3 rings (SSSR count). The van der Waals surface area contributed by atoms with Gasteiger partial charge >= 0.3 is 6.09 Å². The first-order valence-corrected chi connectivity index (χ1v) is 7.71. The second kappa shape index (κ2) is 5.00. The molecule has 0 unspecified atom stereocenters. The normalized spacial score (nSPS) is 19.8. The third-order valence-electron chi connectivity index (χ3n) is 4.39. The van der Waals surface area contributed by atoms with Crippen LogP contribution in [0.1, 0.15) is 39.2 Å². The van der Waals surface area contributed by atoms with Gasteiger partial charge in [-0.1, -0.05) is 18.2 Å². The van der Waals surface area contributed by atoms with Crippen molar-refractivity contribution in [1.29, 1.82) is 0 Å². The molecule has 5 nitrogen and oxygen atoms in total. The van der Waals surface area contributed by atoms with Crippen LogP contribution in [0.15, 0.2) is 24.3 Å². The smallest absolute Gasteiger partial charge is 0.410 e. The Balaban J connectivity index is 1.74. The number of piperidine rings is 1. The van der Waals surface area contributed by atoms with Gasteiger partial charge in [0.2, 0.25) is 5.91 Å². The molecule has 5 heteroatoms. The summed E-state index contributed by atoms with van der Waals surface area (Å²) in [5.41, 5.74) is 0.973. The van der Waals surface area contributed by atoms with Crippen LogP contribution in [0.5, 0.6) is 0 Å². The van der Waals surface area contributed by atoms with E-state index in [1.54, 1.807) is 4.90 Å². The van der Waals surface area contributed by atoms with Crippen molar-refractivity contribution in [2.45, 2.75) is 44.6 Å². The fourth-order valence-electron chi connectivity index (χ4n) is 3.27. The largest absolute Gasteiger partial charge is 0.444 e. The molecule has 0 aromatic heterocycles. The molecule has 0 saturated carbocycles. The number of fused-ring (bicyclic) bond motifs is 2. The minimum absolute atomic E-state index is 0.0533. The van der Waals surface area contributed by atoms with Crippen molar-refractivity contribution in [3.8, 4) is 0 Å². The lowest BCUT2D eigenvalue weighted by Gasteiger charge is -2.38. The van der Waals surface area contributed by atoms with Gasteiger partial charge < -0.3 is 15.0 Å². The molecular weight excluding hydrogens is 280 g/mol. The van der Waals surface area contributed by atoms with Gasteiger partial charge in [-0.15, -0.1) is 0 Å². The number of amides is 2. The van der Waals surface area contributed by atoms with Crippen molar-refractivity contribution in [1.82, 2.24) is 4.90 Å². The molecule has 0 bridgehead atoms. The number of carbonyl (C=O) groups is 2. The van der Waals surface area contributed by atoms with Gasteiger partial charge in [-0.2, -0.15) is 0 Å². The van der Waals surface area contributed by atoms with Crippen LogP contribution in [0.2, 0.25) is 0 Å². The van der Waals surface area contributed by atoms with E-state index in [2.05, 4.69) is 5.32 Å². The molecule has 2 aliphatic heterocycles. The maximum atomic E-state index is 12.5. The molecular formula is C17H22N2O3. The first kappa shape index (κ1) is 14.9. The van der Waals surface area contributed by atoms with Crippen LogP contribution >= 0.6 is 0 Å². The highest BCUT2D eigenvalue weighted by Crippen LogP contribution is 2.44. The minimum atomic E-state index is -0.496. The maximum Gasteiger partial charge on any atom is 0.410 e. The Kier molecular flexibility index (Phi) is 3.38. The number of para-hydroxylation sites is 1. The van der Waals surface area contributed by atoms with Crippen molar-refractivity contribution < 1.29 is 14.3 Å². The van der Waals surface area contributed by atoms with Gasteiger partial charge in [0.1, 0.15) is 5.60 Å². The van der Waals surface area contributed by atoms with E-state index in [1.165, 1.54) is 0 Å². The van der Waals surface area contributed by atoms with Gasteiger partial charge in [-0.3, -0.25) is 4.79 Å². The third-order valence-corrected chi connectivity index (χ3v) is 4.39. The summed E-state index contributed by atoms with van der Waals surface area (Å²) in [4.78, 5) is 26.3. The summed E-state index contributed by atoms with van der Waals surface area (Å²) in [6.45, 7) is 6.65. The van der Waals surface area contributed by atoms with Crippen LogP contribution in [0.3, 0.4) is 0 Å². The molecule has 22 heavy (non-hydrogen) atoms. The van der Waals surface area contributed by atoms with Gasteiger partial charge in [0.15, 0.2) is 0 Å². The number of carbonyl (C=O) groups excluding carboxylic acids is 2. The summed E-state index contributed by atoms with van der Waals surface area (Å²) in [5.74, 6) is 0.0533. The van der Waals surface area contributed by atoms with Crippen molar-refractivity contribution in [2.75, 3.05) is 18.4 Å². The lowest BCUT2D eigenvalue weighted by Crippen LogP contribution is -2.49. The number of nitrogens with one attached hydrogen (secondary N) is 1. The lowest BCUT2D eigenvalue weighted by molar-refractivity contribution is -0.122. The lowest BCUT2D eigenvalue weighted by atomic mass is 9.74. The quantitative estimate of drug-likeness (QED) is 0.801. The summed E-state index contributed by atoms with van der Waals surface area (Å²) in [5, 5.41) is 2.97. The molecule has 2 heterocycles. The van der Waals surface area contributed by atoms with Gasteiger partial charge in [-0.05, 0) is 45.2 Å². The van der Waals surface area contributed by atoms with E-state index < -0.39 is 11.0 Å². The molecule has 0 radical (unpaired) electrons. The zero-order valence-electron chi connectivity index (χ0n) is 13.3. The molecule has 118 valence electrons. The molecule has 0 aliphatic carbocycles. The zero-order chi connectivity index (χ0) is 16.0. The average Bonchev–Trinajstić information content (AvgIpc) is 2.71. The number of hydrogen-bond acceptors (Lipinski definition) is 3. The second-order valence-corrected chi connectivity index (χ2v) is 7.05. The number of benzene rings is 1. The van der Waals surface area contributed by atoms with Gasteiger partial charge in [0, 0.05) is 18.8 Å². The minimum Gasteiger partial charge on any atom is -0.444 e. The van der Waals surface area contributed by atoms with Crippen LogP contribution in [-0.4, -0.2) is 35.6 Å². The molecule has 2 amide bonds. The molecule has 1 aromatic carbocycles. The Morgan fingerprint density at radius 3 is 2.50 bits per heavy atom. The highest BCUT2D eigenvalue weighted by atomic mass is 16.6. The van der Waals surface area contributed by atoms with Gasteiger partial charge in [-0.25, -0.2) is 4.79 Å². The molecule has 1 spiro atoms. The predicted molar refractivity (Wildman–Crippen MR) is 83.8 cm³/mol. The number of hydrogen-bond donors (Lipinski definition) is 1. The maximum absolute atomic E-state index is 12.5. The summed E-state index contributed by atoms with van der Waals surface area (Å²) in [7, 11) is 0. The van der Waals surface area contributed by atoms with Crippen LogP contribution in [0.25, 0.3) is 0 Å². The van der Waals surface area contributed by atoms with Crippen molar-refractivity contribution in [3.63, 3.8) is 0 Å². The van der Waals surface area contributed by atoms with E-state index in [1.807, 2.05) is 45.0 Å². The Morgan fingerprint density at radius 2 is 1.86 bits per heavy atom. The Labute approximate surface area is 130 Å². The van der Waals surface area contributed by atoms with E-state index in [9.17, 15) is 9.59 Å². The van der Waals surface area contributed by atoms with Crippen molar-refractivity contribution in [2.24, 2.45) is 0 Å². The molecule has 1 saturated heterocycles. The van der Waals surface area contributed by atoms with Crippen molar-refractivity contribution >= 4 is 17.7 Å². The third kappa shape index (κ3) is 2.45. The average molecular weight is 302 g/mol.